The van der Waals surface area contributed by atoms with Gasteiger partial charge < -0.3 is 19.5 Å². The number of rotatable bonds is 9. The van der Waals surface area contributed by atoms with Crippen LogP contribution in [0.3, 0.4) is 0 Å². The summed E-state index contributed by atoms with van der Waals surface area (Å²) in [6, 6.07) is 20.0. The number of nitro benzene ring substituents is 1. The number of nitrogens with one attached hydrogen (secondary N) is 2. The monoisotopic (exact) mass is 467 g/mol. The molecule has 0 bridgehead atoms. The van der Waals surface area contributed by atoms with E-state index in [1.165, 1.54) is 25.3 Å². The molecule has 33 heavy (non-hydrogen) atoms. The number of thiocarbonyl (C=S) groups is 1. The van der Waals surface area contributed by atoms with Gasteiger partial charge in [0.2, 0.25) is 0 Å². The fourth-order valence-electron chi connectivity index (χ4n) is 2.77. The Morgan fingerprint density at radius 2 is 1.61 bits per heavy atom. The van der Waals surface area contributed by atoms with E-state index in [-0.39, 0.29) is 16.5 Å². The van der Waals surface area contributed by atoms with Gasteiger partial charge in [0.25, 0.3) is 11.6 Å². The van der Waals surface area contributed by atoms with Crippen LogP contribution in [0, 0.1) is 10.1 Å². The van der Waals surface area contributed by atoms with Gasteiger partial charge in [0.05, 0.1) is 17.7 Å². The Balaban J connectivity index is 1.50. The highest BCUT2D eigenvalue weighted by molar-refractivity contribution is 7.80. The van der Waals surface area contributed by atoms with Gasteiger partial charge in [-0.2, -0.15) is 0 Å². The van der Waals surface area contributed by atoms with Gasteiger partial charge in [-0.15, -0.1) is 0 Å². The number of para-hydroxylation sites is 1. The van der Waals surface area contributed by atoms with Crippen LogP contribution in [-0.2, 0) is 0 Å². The smallest absolute Gasteiger partial charge is 0.271 e. The first-order valence-corrected chi connectivity index (χ1v) is 10.2. The number of ether oxygens (including phenoxy) is 3. The molecule has 0 fully saturated rings. The van der Waals surface area contributed by atoms with Crippen LogP contribution in [0.15, 0.2) is 72.8 Å². The molecular weight excluding hydrogens is 446 g/mol. The number of carbonyl (C=O) groups is 1. The topological polar surface area (TPSA) is 112 Å². The molecule has 0 heterocycles. The van der Waals surface area contributed by atoms with Crippen LogP contribution < -0.4 is 24.8 Å². The van der Waals surface area contributed by atoms with E-state index in [0.717, 1.165) is 5.75 Å². The van der Waals surface area contributed by atoms with Gasteiger partial charge >= 0.3 is 0 Å². The molecule has 0 aliphatic carbocycles. The molecule has 0 saturated heterocycles. The molecule has 0 radical (unpaired) electrons. The van der Waals surface area contributed by atoms with Gasteiger partial charge in [-0.25, -0.2) is 0 Å². The van der Waals surface area contributed by atoms with Crippen molar-refractivity contribution in [1.29, 1.82) is 0 Å². The molecule has 3 aromatic carbocycles. The number of hydrogen-bond donors (Lipinski definition) is 2. The van der Waals surface area contributed by atoms with Gasteiger partial charge in [0.15, 0.2) is 5.11 Å². The van der Waals surface area contributed by atoms with Gasteiger partial charge in [-0.1, -0.05) is 18.2 Å². The van der Waals surface area contributed by atoms with E-state index in [1.807, 2.05) is 30.3 Å². The van der Waals surface area contributed by atoms with E-state index in [9.17, 15) is 14.9 Å². The lowest BCUT2D eigenvalue weighted by Crippen LogP contribution is -2.34. The molecule has 1 amide bonds. The molecule has 0 aliphatic rings. The number of nitro groups is 1. The van der Waals surface area contributed by atoms with E-state index in [0.29, 0.717) is 30.3 Å². The summed E-state index contributed by atoms with van der Waals surface area (Å²) in [5.41, 5.74) is 0.480. The predicted molar refractivity (Wildman–Crippen MR) is 127 cm³/mol. The third-order valence-electron chi connectivity index (χ3n) is 4.35. The molecule has 2 N–H and O–H groups in total. The molecule has 0 spiro atoms. The third kappa shape index (κ3) is 6.91. The molecule has 9 nitrogen and oxygen atoms in total. The molecule has 170 valence electrons. The molecule has 0 aliphatic heterocycles. The van der Waals surface area contributed by atoms with Crippen molar-refractivity contribution in [1.82, 2.24) is 5.32 Å². The minimum absolute atomic E-state index is 0.0304. The van der Waals surface area contributed by atoms with Gasteiger partial charge in [-0.05, 0) is 54.7 Å². The number of amides is 1. The first-order chi connectivity index (χ1) is 16.0. The van der Waals surface area contributed by atoms with Crippen molar-refractivity contribution in [3.05, 3.63) is 88.5 Å². The summed E-state index contributed by atoms with van der Waals surface area (Å²) in [7, 11) is 1.42. The van der Waals surface area contributed by atoms with E-state index >= 15 is 0 Å². The molecule has 0 saturated carbocycles. The SMILES string of the molecule is COc1ccc([N+](=O)[O-])cc1NC(=S)NC(=O)c1ccc(OCCOc2ccccc2)cc1. The van der Waals surface area contributed by atoms with E-state index in [4.69, 9.17) is 26.4 Å². The quantitative estimate of drug-likeness (QED) is 0.209. The van der Waals surface area contributed by atoms with Crippen LogP contribution in [-0.4, -0.2) is 36.3 Å². The number of carbonyl (C=O) groups excluding carboxylic acids is 1. The standard InChI is InChI=1S/C23H21N3O6S/c1-30-21-12-9-17(26(28)29)15-20(21)24-23(33)25-22(27)16-7-10-19(11-8-16)32-14-13-31-18-5-3-2-4-6-18/h2-12,15H,13-14H2,1H3,(H2,24,25,27,33). The maximum absolute atomic E-state index is 12.5. The second-order valence-corrected chi connectivity index (χ2v) is 6.99. The average molecular weight is 468 g/mol. The molecule has 3 aromatic rings. The Hall–Kier alpha value is -4.18. The number of benzene rings is 3. The summed E-state index contributed by atoms with van der Waals surface area (Å²) in [6.45, 7) is 0.729. The predicted octanol–water partition coefficient (Wildman–Crippen LogP) is 4.19. The fourth-order valence-corrected chi connectivity index (χ4v) is 2.98. The summed E-state index contributed by atoms with van der Waals surface area (Å²) in [5, 5.41) is 16.2. The highest BCUT2D eigenvalue weighted by Gasteiger charge is 2.14. The summed E-state index contributed by atoms with van der Waals surface area (Å²) in [4.78, 5) is 22.9. The Morgan fingerprint density at radius 3 is 2.21 bits per heavy atom. The summed E-state index contributed by atoms with van der Waals surface area (Å²) in [6.07, 6.45) is 0. The highest BCUT2D eigenvalue weighted by atomic mass is 32.1. The fraction of sp³-hybridized carbons (Fsp3) is 0.130. The molecule has 3 rings (SSSR count). The number of non-ortho nitro benzene ring substituents is 1. The zero-order valence-corrected chi connectivity index (χ0v) is 18.5. The largest absolute Gasteiger partial charge is 0.495 e. The van der Waals surface area contributed by atoms with Gasteiger partial charge in [0.1, 0.15) is 30.5 Å². The summed E-state index contributed by atoms with van der Waals surface area (Å²) < 4.78 is 16.3. The van der Waals surface area contributed by atoms with Crippen LogP contribution in [0.25, 0.3) is 0 Å². The van der Waals surface area contributed by atoms with Gasteiger partial charge in [-0.3, -0.25) is 20.2 Å². The average Bonchev–Trinajstić information content (AvgIpc) is 2.82. The second kappa shape index (κ2) is 11.4. The zero-order valence-electron chi connectivity index (χ0n) is 17.6. The van der Waals surface area contributed by atoms with E-state index < -0.39 is 10.8 Å². The zero-order chi connectivity index (χ0) is 23.6. The van der Waals surface area contributed by atoms with Crippen LogP contribution in [0.5, 0.6) is 17.2 Å². The van der Waals surface area contributed by atoms with E-state index in [2.05, 4.69) is 10.6 Å². The Morgan fingerprint density at radius 1 is 0.970 bits per heavy atom. The minimum Gasteiger partial charge on any atom is -0.495 e. The van der Waals surface area contributed by atoms with Gasteiger partial charge in [0, 0.05) is 17.7 Å². The van der Waals surface area contributed by atoms with Crippen molar-refractivity contribution in [3.63, 3.8) is 0 Å². The molecule has 0 aromatic heterocycles. The van der Waals surface area contributed by atoms with Crippen LogP contribution >= 0.6 is 12.2 Å². The second-order valence-electron chi connectivity index (χ2n) is 6.58. The first-order valence-electron chi connectivity index (χ1n) is 9.82. The molecular formula is C23H21N3O6S. The van der Waals surface area contributed by atoms with Crippen LogP contribution in [0.2, 0.25) is 0 Å². The van der Waals surface area contributed by atoms with Crippen molar-refractivity contribution < 1.29 is 23.9 Å². The normalized spacial score (nSPS) is 10.1. The highest BCUT2D eigenvalue weighted by Crippen LogP contribution is 2.28. The van der Waals surface area contributed by atoms with Crippen molar-refractivity contribution >= 4 is 34.6 Å². The minimum atomic E-state index is -0.538. The number of anilines is 1. The lowest BCUT2D eigenvalue weighted by molar-refractivity contribution is -0.384. The third-order valence-corrected chi connectivity index (χ3v) is 4.55. The molecule has 0 atom stereocenters. The summed E-state index contributed by atoms with van der Waals surface area (Å²) >= 11 is 5.16. The molecule has 10 heteroatoms. The first kappa shape index (κ1) is 23.5. The van der Waals surface area contributed by atoms with Crippen molar-refractivity contribution in [3.8, 4) is 17.2 Å². The lowest BCUT2D eigenvalue weighted by Gasteiger charge is -2.13. The maximum Gasteiger partial charge on any atom is 0.271 e. The Bertz CT molecular complexity index is 1120. The molecule has 0 unspecified atom stereocenters. The Kier molecular flexibility index (Phi) is 8.14. The van der Waals surface area contributed by atoms with Crippen molar-refractivity contribution in [2.24, 2.45) is 0 Å². The van der Waals surface area contributed by atoms with Crippen LogP contribution in [0.4, 0.5) is 11.4 Å². The van der Waals surface area contributed by atoms with Crippen LogP contribution in [0.1, 0.15) is 10.4 Å². The summed E-state index contributed by atoms with van der Waals surface area (Å²) in [5.74, 6) is 1.25. The Labute approximate surface area is 195 Å². The number of hydrogen-bond acceptors (Lipinski definition) is 7. The van der Waals surface area contributed by atoms with E-state index in [1.54, 1.807) is 24.3 Å². The lowest BCUT2D eigenvalue weighted by atomic mass is 10.2. The van der Waals surface area contributed by atoms with Crippen molar-refractivity contribution in [2.45, 2.75) is 0 Å². The number of methoxy groups -OCH3 is 1. The maximum atomic E-state index is 12.5. The number of nitrogens with zero attached hydrogens (tertiary/aromatic N) is 1. The van der Waals surface area contributed by atoms with Crippen molar-refractivity contribution in [2.75, 3.05) is 25.6 Å².